The van der Waals surface area contributed by atoms with Crippen LogP contribution in [0, 0.1) is 6.92 Å². The molecule has 5 nitrogen and oxygen atoms in total. The predicted octanol–water partition coefficient (Wildman–Crippen LogP) is 6.05. The average molecular weight is 429 g/mol. The number of nitrogens with zero attached hydrogens (tertiary/aromatic N) is 2. The Morgan fingerprint density at radius 2 is 2.00 bits per heavy atom. The normalized spacial score (nSPS) is 11.2. The zero-order chi connectivity index (χ0) is 19.2. The first kappa shape index (κ1) is 19.2. The molecule has 0 fully saturated rings. The molecule has 0 aliphatic carbocycles. The van der Waals surface area contributed by atoms with Gasteiger partial charge in [0.15, 0.2) is 5.69 Å². The van der Waals surface area contributed by atoms with E-state index in [4.69, 9.17) is 9.15 Å². The summed E-state index contributed by atoms with van der Waals surface area (Å²) >= 11 is 3.48. The van der Waals surface area contributed by atoms with E-state index in [1.807, 2.05) is 49.4 Å². The third kappa shape index (κ3) is 4.98. The van der Waals surface area contributed by atoms with E-state index in [9.17, 15) is 5.11 Å². The standard InChI is InChI=1S/C21H21BrN2O3/c1-3-4-11-26-16-8-6-15(7-9-16)20-24-19(21(25)27-20)13-23-18-10-5-14(2)12-17(18)22/h5-10,12-13,25H,3-4,11H2,1-2H3. The van der Waals surface area contributed by atoms with E-state index in [0.717, 1.165) is 39.9 Å². The van der Waals surface area contributed by atoms with E-state index in [0.29, 0.717) is 12.5 Å². The van der Waals surface area contributed by atoms with Crippen LogP contribution in [-0.4, -0.2) is 22.9 Å². The number of oxazole rings is 1. The number of aromatic nitrogens is 1. The third-order valence-corrected chi connectivity index (χ3v) is 4.57. The Labute approximate surface area is 166 Å². The molecular weight excluding hydrogens is 408 g/mol. The maximum absolute atomic E-state index is 10.0. The molecule has 0 unspecified atom stereocenters. The quantitative estimate of drug-likeness (QED) is 0.367. The molecule has 0 radical (unpaired) electrons. The van der Waals surface area contributed by atoms with Crippen molar-refractivity contribution in [1.29, 1.82) is 0 Å². The van der Waals surface area contributed by atoms with Gasteiger partial charge in [-0.2, -0.15) is 0 Å². The van der Waals surface area contributed by atoms with Crippen LogP contribution in [-0.2, 0) is 0 Å². The molecule has 3 rings (SSSR count). The maximum Gasteiger partial charge on any atom is 0.312 e. The molecule has 0 saturated carbocycles. The summed E-state index contributed by atoms with van der Waals surface area (Å²) in [6, 6.07) is 13.3. The van der Waals surface area contributed by atoms with Gasteiger partial charge < -0.3 is 14.3 Å². The summed E-state index contributed by atoms with van der Waals surface area (Å²) in [5.41, 5.74) is 2.91. The molecule has 1 aromatic heterocycles. The molecule has 0 aliphatic rings. The summed E-state index contributed by atoms with van der Waals surface area (Å²) in [4.78, 5) is 8.69. The Morgan fingerprint density at radius 1 is 1.22 bits per heavy atom. The molecule has 140 valence electrons. The SMILES string of the molecule is CCCCOc1ccc(-c2nc(C=Nc3ccc(C)cc3Br)c(O)o2)cc1. The number of unbranched alkanes of at least 4 members (excludes halogenated alkanes) is 1. The first-order chi connectivity index (χ1) is 13.1. The number of hydrogen-bond acceptors (Lipinski definition) is 5. The van der Waals surface area contributed by atoms with Crippen molar-refractivity contribution in [3.63, 3.8) is 0 Å². The molecule has 1 heterocycles. The molecule has 0 atom stereocenters. The second-order valence-corrected chi connectivity index (χ2v) is 7.00. The molecule has 0 spiro atoms. The van der Waals surface area contributed by atoms with E-state index in [2.05, 4.69) is 32.8 Å². The summed E-state index contributed by atoms with van der Waals surface area (Å²) in [5.74, 6) is 0.867. The van der Waals surface area contributed by atoms with Crippen LogP contribution in [0.1, 0.15) is 31.0 Å². The largest absolute Gasteiger partial charge is 0.494 e. The zero-order valence-corrected chi connectivity index (χ0v) is 16.9. The third-order valence-electron chi connectivity index (χ3n) is 3.93. The summed E-state index contributed by atoms with van der Waals surface area (Å²) in [5, 5.41) is 10.0. The van der Waals surface area contributed by atoms with E-state index in [1.54, 1.807) is 0 Å². The average Bonchev–Trinajstić information content (AvgIpc) is 3.02. The van der Waals surface area contributed by atoms with Crippen molar-refractivity contribution in [3.05, 3.63) is 58.2 Å². The lowest BCUT2D eigenvalue weighted by atomic mass is 10.2. The fourth-order valence-corrected chi connectivity index (χ4v) is 3.00. The zero-order valence-electron chi connectivity index (χ0n) is 15.3. The number of ether oxygens (including phenoxy) is 1. The van der Waals surface area contributed by atoms with Crippen molar-refractivity contribution < 1.29 is 14.3 Å². The number of rotatable bonds is 7. The van der Waals surface area contributed by atoms with Gasteiger partial charge in [-0.15, -0.1) is 0 Å². The maximum atomic E-state index is 10.0. The van der Waals surface area contributed by atoms with E-state index < -0.39 is 0 Å². The fraction of sp³-hybridized carbons (Fsp3) is 0.238. The minimum atomic E-state index is -0.264. The number of benzene rings is 2. The van der Waals surface area contributed by atoms with Crippen LogP contribution in [0.2, 0.25) is 0 Å². The van der Waals surface area contributed by atoms with Gasteiger partial charge >= 0.3 is 5.95 Å². The first-order valence-corrected chi connectivity index (χ1v) is 9.59. The summed E-state index contributed by atoms with van der Waals surface area (Å²) in [6.07, 6.45) is 3.60. The minimum absolute atomic E-state index is 0.264. The van der Waals surface area contributed by atoms with Crippen LogP contribution in [0.5, 0.6) is 11.7 Å². The highest BCUT2D eigenvalue weighted by molar-refractivity contribution is 9.10. The highest BCUT2D eigenvalue weighted by Gasteiger charge is 2.12. The van der Waals surface area contributed by atoms with Crippen LogP contribution in [0.15, 0.2) is 56.3 Å². The number of aliphatic imine (C=N–C) groups is 1. The second-order valence-electron chi connectivity index (χ2n) is 6.15. The van der Waals surface area contributed by atoms with Gasteiger partial charge in [-0.3, -0.25) is 4.99 Å². The topological polar surface area (TPSA) is 67.9 Å². The molecule has 6 heteroatoms. The smallest absolute Gasteiger partial charge is 0.312 e. The van der Waals surface area contributed by atoms with Gasteiger partial charge in [0.1, 0.15) is 5.75 Å². The number of halogens is 1. The lowest BCUT2D eigenvalue weighted by Crippen LogP contribution is -1.95. The van der Waals surface area contributed by atoms with Crippen LogP contribution >= 0.6 is 15.9 Å². The fourth-order valence-electron chi connectivity index (χ4n) is 2.41. The van der Waals surface area contributed by atoms with Gasteiger partial charge in [0.05, 0.1) is 18.5 Å². The van der Waals surface area contributed by atoms with Gasteiger partial charge in [0.2, 0.25) is 5.89 Å². The van der Waals surface area contributed by atoms with Crippen molar-refractivity contribution in [2.45, 2.75) is 26.7 Å². The highest BCUT2D eigenvalue weighted by Crippen LogP contribution is 2.29. The van der Waals surface area contributed by atoms with Crippen LogP contribution < -0.4 is 4.74 Å². The molecular formula is C21H21BrN2O3. The molecule has 27 heavy (non-hydrogen) atoms. The lowest BCUT2D eigenvalue weighted by Gasteiger charge is -2.05. The molecule has 0 saturated heterocycles. The molecule has 0 aliphatic heterocycles. The first-order valence-electron chi connectivity index (χ1n) is 8.80. The van der Waals surface area contributed by atoms with E-state index in [-0.39, 0.29) is 11.6 Å². The Hall–Kier alpha value is -2.60. The Morgan fingerprint density at radius 3 is 2.70 bits per heavy atom. The second kappa shape index (κ2) is 8.86. The van der Waals surface area contributed by atoms with E-state index in [1.165, 1.54) is 6.21 Å². The number of aryl methyl sites for hydroxylation is 1. The van der Waals surface area contributed by atoms with Crippen molar-refractivity contribution >= 4 is 27.8 Å². The summed E-state index contributed by atoms with van der Waals surface area (Å²) < 4.78 is 11.9. The van der Waals surface area contributed by atoms with Gasteiger partial charge in [-0.1, -0.05) is 19.4 Å². The molecule has 0 bridgehead atoms. The minimum Gasteiger partial charge on any atom is -0.494 e. The van der Waals surface area contributed by atoms with Crippen LogP contribution in [0.25, 0.3) is 11.5 Å². The Balaban J connectivity index is 1.75. The van der Waals surface area contributed by atoms with Gasteiger partial charge in [-0.05, 0) is 71.2 Å². The summed E-state index contributed by atoms with van der Waals surface area (Å²) in [7, 11) is 0. The highest BCUT2D eigenvalue weighted by atomic mass is 79.9. The predicted molar refractivity (Wildman–Crippen MR) is 110 cm³/mol. The van der Waals surface area contributed by atoms with Crippen LogP contribution in [0.4, 0.5) is 5.69 Å². The monoisotopic (exact) mass is 428 g/mol. The van der Waals surface area contributed by atoms with Gasteiger partial charge in [-0.25, -0.2) is 4.98 Å². The summed E-state index contributed by atoms with van der Waals surface area (Å²) in [6.45, 7) is 4.83. The van der Waals surface area contributed by atoms with E-state index >= 15 is 0 Å². The van der Waals surface area contributed by atoms with Crippen LogP contribution in [0.3, 0.4) is 0 Å². The number of hydrogen-bond donors (Lipinski definition) is 1. The molecule has 1 N–H and O–H groups in total. The Bertz CT molecular complexity index is 933. The van der Waals surface area contributed by atoms with Crippen molar-refractivity contribution in [3.8, 4) is 23.1 Å². The molecule has 3 aromatic rings. The molecule has 2 aromatic carbocycles. The van der Waals surface area contributed by atoms with Gasteiger partial charge in [0.25, 0.3) is 0 Å². The lowest BCUT2D eigenvalue weighted by molar-refractivity contribution is 0.309. The van der Waals surface area contributed by atoms with Crippen molar-refractivity contribution in [2.75, 3.05) is 6.61 Å². The molecule has 0 amide bonds. The van der Waals surface area contributed by atoms with Crippen molar-refractivity contribution in [1.82, 2.24) is 4.98 Å². The Kier molecular flexibility index (Phi) is 6.29. The van der Waals surface area contributed by atoms with Crippen molar-refractivity contribution in [2.24, 2.45) is 4.99 Å². The van der Waals surface area contributed by atoms with Gasteiger partial charge in [0, 0.05) is 10.0 Å². The number of aromatic hydroxyl groups is 1.